The van der Waals surface area contributed by atoms with E-state index in [1.165, 1.54) is 5.56 Å². The first kappa shape index (κ1) is 25.2. The third-order valence-electron chi connectivity index (χ3n) is 5.06. The number of aliphatic hydroxyl groups excluding tert-OH is 1. The molecule has 0 aromatic heterocycles. The Balaban J connectivity index is 3.20. The summed E-state index contributed by atoms with van der Waals surface area (Å²) in [4.78, 5) is 25.8. The Morgan fingerprint density at radius 1 is 1.00 bits per heavy atom. The minimum atomic E-state index is -0.893. The van der Waals surface area contributed by atoms with Crippen LogP contribution in [-0.4, -0.2) is 35.9 Å². The van der Waals surface area contributed by atoms with Crippen LogP contribution in [0.3, 0.4) is 0 Å². The maximum Gasteiger partial charge on any atom is 0.312 e. The molecule has 0 aliphatic carbocycles. The maximum absolute atomic E-state index is 13.3. The molecule has 2 atom stereocenters. The molecular weight excluding hydrogens is 368 g/mol. The average Bonchev–Trinajstić information content (AvgIpc) is 2.63. The Hall–Kier alpha value is -1.88. The predicted octanol–water partition coefficient (Wildman–Crippen LogP) is 4.87. The number of ether oxygens (including phenoxy) is 2. The van der Waals surface area contributed by atoms with Crippen molar-refractivity contribution in [1.82, 2.24) is 0 Å². The molecule has 0 bridgehead atoms. The maximum atomic E-state index is 13.3. The Morgan fingerprint density at radius 2 is 1.59 bits per heavy atom. The zero-order valence-corrected chi connectivity index (χ0v) is 19.1. The zero-order chi connectivity index (χ0) is 22.3. The van der Waals surface area contributed by atoms with Gasteiger partial charge < -0.3 is 14.6 Å². The molecule has 1 N–H and O–H groups in total. The molecule has 164 valence electrons. The molecule has 0 amide bonds. The fourth-order valence-corrected chi connectivity index (χ4v) is 3.78. The van der Waals surface area contributed by atoms with Crippen molar-refractivity contribution in [1.29, 1.82) is 0 Å². The van der Waals surface area contributed by atoms with E-state index in [0.717, 1.165) is 6.42 Å². The lowest BCUT2D eigenvalue weighted by molar-refractivity contribution is -0.172. The highest BCUT2D eigenvalue weighted by Gasteiger charge is 2.46. The topological polar surface area (TPSA) is 72.8 Å². The molecule has 0 aliphatic rings. The highest BCUT2D eigenvalue weighted by atomic mass is 16.6. The lowest BCUT2D eigenvalue weighted by Crippen LogP contribution is -2.42. The first-order chi connectivity index (χ1) is 13.3. The number of rotatable bonds is 10. The van der Waals surface area contributed by atoms with E-state index in [0.29, 0.717) is 12.8 Å². The minimum Gasteiger partial charge on any atom is -0.463 e. The zero-order valence-electron chi connectivity index (χ0n) is 19.1. The van der Waals surface area contributed by atoms with Gasteiger partial charge in [0.25, 0.3) is 0 Å². The second kappa shape index (κ2) is 10.2. The van der Waals surface area contributed by atoms with Gasteiger partial charge in [-0.25, -0.2) is 0 Å². The van der Waals surface area contributed by atoms with Gasteiger partial charge in [-0.3, -0.25) is 9.59 Å². The molecule has 1 rings (SSSR count). The number of aliphatic hydroxyl groups is 1. The first-order valence-electron chi connectivity index (χ1n) is 10.4. The van der Waals surface area contributed by atoms with Gasteiger partial charge in [-0.05, 0) is 72.3 Å². The Bertz CT molecular complexity index is 660. The van der Waals surface area contributed by atoms with E-state index in [2.05, 4.69) is 19.1 Å². The summed E-state index contributed by atoms with van der Waals surface area (Å²) in [5.41, 5.74) is -1.21. The van der Waals surface area contributed by atoms with E-state index < -0.39 is 22.4 Å². The van der Waals surface area contributed by atoms with E-state index in [1.54, 1.807) is 13.8 Å². The Labute approximate surface area is 175 Å². The SMILES string of the molecule is CCC(CC(C)(CC(C)(C)C(=O)OCCO)C(=O)OC(C)(C)C)c1ccccc1. The summed E-state index contributed by atoms with van der Waals surface area (Å²) in [6.07, 6.45) is 1.74. The van der Waals surface area contributed by atoms with E-state index >= 15 is 0 Å². The Kier molecular flexibility index (Phi) is 8.88. The summed E-state index contributed by atoms with van der Waals surface area (Å²) in [6, 6.07) is 10.1. The van der Waals surface area contributed by atoms with Crippen molar-refractivity contribution in [2.24, 2.45) is 10.8 Å². The fourth-order valence-electron chi connectivity index (χ4n) is 3.78. The molecule has 0 spiro atoms. The number of esters is 2. The van der Waals surface area contributed by atoms with E-state index in [-0.39, 0.29) is 25.1 Å². The van der Waals surface area contributed by atoms with Crippen LogP contribution in [0.15, 0.2) is 30.3 Å². The molecule has 0 fully saturated rings. The van der Waals surface area contributed by atoms with Crippen LogP contribution in [0.5, 0.6) is 0 Å². The summed E-state index contributed by atoms with van der Waals surface area (Å²) >= 11 is 0. The molecule has 5 heteroatoms. The average molecular weight is 407 g/mol. The van der Waals surface area contributed by atoms with Crippen LogP contribution in [0.2, 0.25) is 0 Å². The van der Waals surface area contributed by atoms with Gasteiger partial charge in [-0.15, -0.1) is 0 Å². The van der Waals surface area contributed by atoms with Gasteiger partial charge in [-0.2, -0.15) is 0 Å². The number of hydrogen-bond donors (Lipinski definition) is 1. The van der Waals surface area contributed by atoms with Crippen LogP contribution in [0, 0.1) is 10.8 Å². The molecule has 5 nitrogen and oxygen atoms in total. The van der Waals surface area contributed by atoms with Crippen LogP contribution in [0.1, 0.15) is 79.2 Å². The highest BCUT2D eigenvalue weighted by Crippen LogP contribution is 2.44. The molecule has 0 aliphatic heterocycles. The normalized spacial score (nSPS) is 15.3. The number of carbonyl (C=O) groups excluding carboxylic acids is 2. The molecule has 2 unspecified atom stereocenters. The summed E-state index contributed by atoms with van der Waals surface area (Å²) in [6.45, 7) is 12.8. The van der Waals surface area contributed by atoms with Gasteiger partial charge in [-0.1, -0.05) is 37.3 Å². The predicted molar refractivity (Wildman–Crippen MR) is 114 cm³/mol. The van der Waals surface area contributed by atoms with Crippen LogP contribution in [-0.2, 0) is 19.1 Å². The second-order valence-electron chi connectivity index (χ2n) is 9.70. The highest BCUT2D eigenvalue weighted by molar-refractivity contribution is 5.80. The van der Waals surface area contributed by atoms with E-state index in [1.807, 2.05) is 45.9 Å². The number of benzene rings is 1. The van der Waals surface area contributed by atoms with E-state index in [9.17, 15) is 9.59 Å². The monoisotopic (exact) mass is 406 g/mol. The van der Waals surface area contributed by atoms with Crippen molar-refractivity contribution in [2.45, 2.75) is 79.2 Å². The van der Waals surface area contributed by atoms with Crippen LogP contribution in [0.25, 0.3) is 0 Å². The second-order valence-corrected chi connectivity index (χ2v) is 9.70. The molecule has 1 aromatic rings. The summed E-state index contributed by atoms with van der Waals surface area (Å²) in [7, 11) is 0. The van der Waals surface area contributed by atoms with Crippen LogP contribution in [0.4, 0.5) is 0 Å². The quantitative estimate of drug-likeness (QED) is 0.561. The first-order valence-corrected chi connectivity index (χ1v) is 10.4. The molecule has 1 aromatic carbocycles. The van der Waals surface area contributed by atoms with Crippen molar-refractivity contribution in [3.05, 3.63) is 35.9 Å². The third-order valence-corrected chi connectivity index (χ3v) is 5.06. The smallest absolute Gasteiger partial charge is 0.312 e. The van der Waals surface area contributed by atoms with Crippen molar-refractivity contribution in [2.75, 3.05) is 13.2 Å². The van der Waals surface area contributed by atoms with Crippen molar-refractivity contribution < 1.29 is 24.2 Å². The van der Waals surface area contributed by atoms with Gasteiger partial charge >= 0.3 is 11.9 Å². The molecule has 0 radical (unpaired) electrons. The summed E-state index contributed by atoms with van der Waals surface area (Å²) < 4.78 is 10.9. The van der Waals surface area contributed by atoms with Crippen LogP contribution < -0.4 is 0 Å². The third kappa shape index (κ3) is 7.81. The van der Waals surface area contributed by atoms with Crippen LogP contribution >= 0.6 is 0 Å². The molecular formula is C24H38O5. The number of carbonyl (C=O) groups is 2. The molecule has 0 saturated carbocycles. The lowest BCUT2D eigenvalue weighted by atomic mass is 9.68. The molecule has 29 heavy (non-hydrogen) atoms. The van der Waals surface area contributed by atoms with Gasteiger partial charge in [0.2, 0.25) is 0 Å². The summed E-state index contributed by atoms with van der Waals surface area (Å²) in [5.74, 6) is -0.561. The standard InChI is InChI=1S/C24H38O5/c1-8-18(19-12-10-9-11-13-19)16-24(7,21(27)29-22(2,3)4)17-23(5,6)20(26)28-15-14-25/h9-13,18,25H,8,14-17H2,1-7H3. The van der Waals surface area contributed by atoms with Gasteiger partial charge in [0.05, 0.1) is 17.4 Å². The van der Waals surface area contributed by atoms with Gasteiger partial charge in [0, 0.05) is 0 Å². The van der Waals surface area contributed by atoms with Gasteiger partial charge in [0.1, 0.15) is 12.2 Å². The summed E-state index contributed by atoms with van der Waals surface area (Å²) in [5, 5.41) is 8.95. The van der Waals surface area contributed by atoms with Crippen molar-refractivity contribution >= 4 is 11.9 Å². The fraction of sp³-hybridized carbons (Fsp3) is 0.667. The van der Waals surface area contributed by atoms with Crippen molar-refractivity contribution in [3.63, 3.8) is 0 Å². The molecule has 0 heterocycles. The minimum absolute atomic E-state index is 0.0486. The molecule has 0 saturated heterocycles. The van der Waals surface area contributed by atoms with E-state index in [4.69, 9.17) is 14.6 Å². The van der Waals surface area contributed by atoms with Gasteiger partial charge in [0.15, 0.2) is 0 Å². The van der Waals surface area contributed by atoms with Crippen molar-refractivity contribution in [3.8, 4) is 0 Å². The number of hydrogen-bond acceptors (Lipinski definition) is 5. The Morgan fingerprint density at radius 3 is 2.07 bits per heavy atom. The largest absolute Gasteiger partial charge is 0.463 e. The lowest BCUT2D eigenvalue weighted by Gasteiger charge is -2.38.